The predicted octanol–water partition coefficient (Wildman–Crippen LogP) is 4.42. The molecule has 0 amide bonds. The number of aromatic nitrogens is 3. The molecular formula is C22H21N3O3. The van der Waals surface area contributed by atoms with E-state index in [1.807, 2.05) is 30.3 Å². The van der Waals surface area contributed by atoms with Crippen LogP contribution >= 0.6 is 0 Å². The molecule has 0 saturated heterocycles. The zero-order valence-corrected chi connectivity index (χ0v) is 16.3. The molecule has 0 fully saturated rings. The van der Waals surface area contributed by atoms with Crippen LogP contribution in [0.1, 0.15) is 5.56 Å². The van der Waals surface area contributed by atoms with Crippen LogP contribution in [-0.4, -0.2) is 36.3 Å². The summed E-state index contributed by atoms with van der Waals surface area (Å²) in [6, 6.07) is 18.2. The molecule has 0 bridgehead atoms. The Morgan fingerprint density at radius 2 is 1.54 bits per heavy atom. The minimum Gasteiger partial charge on any atom is -0.493 e. The van der Waals surface area contributed by atoms with Crippen LogP contribution in [0, 0.1) is 6.92 Å². The summed E-state index contributed by atoms with van der Waals surface area (Å²) in [5.74, 6) is 1.67. The van der Waals surface area contributed by atoms with Crippen LogP contribution in [0.5, 0.6) is 17.2 Å². The molecule has 0 aliphatic heterocycles. The summed E-state index contributed by atoms with van der Waals surface area (Å²) in [6.07, 6.45) is 0. The Balaban J connectivity index is 1.90. The number of hydrogen-bond acceptors (Lipinski definition) is 5. The lowest BCUT2D eigenvalue weighted by Gasteiger charge is -2.14. The van der Waals surface area contributed by atoms with Gasteiger partial charge in [0.1, 0.15) is 5.52 Å². The molecule has 4 rings (SSSR count). The van der Waals surface area contributed by atoms with Crippen molar-refractivity contribution >= 4 is 11.0 Å². The summed E-state index contributed by atoms with van der Waals surface area (Å²) in [4.78, 5) is 0. The molecule has 4 aromatic rings. The van der Waals surface area contributed by atoms with Gasteiger partial charge in [-0.05, 0) is 35.7 Å². The van der Waals surface area contributed by atoms with Crippen LogP contribution in [0.3, 0.4) is 0 Å². The standard InChI is InChI=1S/C22H21N3O3/c1-14-7-5-6-8-17(14)15-9-10-18-19(11-15)25(24-23-18)16-12-20(26-2)22(28-4)21(13-16)27-3/h5-13H,1-4H3. The first kappa shape index (κ1) is 17.9. The molecule has 0 spiro atoms. The molecule has 0 unspecified atom stereocenters. The lowest BCUT2D eigenvalue weighted by atomic mass is 10.0. The second kappa shape index (κ2) is 7.23. The van der Waals surface area contributed by atoms with Gasteiger partial charge in [0.2, 0.25) is 5.75 Å². The minimum absolute atomic E-state index is 0.541. The molecular weight excluding hydrogens is 354 g/mol. The highest BCUT2D eigenvalue weighted by molar-refractivity contribution is 5.83. The Bertz CT molecular complexity index is 1130. The summed E-state index contributed by atoms with van der Waals surface area (Å²) in [6.45, 7) is 2.11. The molecule has 0 N–H and O–H groups in total. The highest BCUT2D eigenvalue weighted by Gasteiger charge is 2.16. The molecule has 3 aromatic carbocycles. The summed E-state index contributed by atoms with van der Waals surface area (Å²) in [5, 5.41) is 8.65. The van der Waals surface area contributed by atoms with Crippen LogP contribution in [0.25, 0.3) is 27.8 Å². The van der Waals surface area contributed by atoms with Crippen molar-refractivity contribution in [3.05, 3.63) is 60.2 Å². The zero-order chi connectivity index (χ0) is 19.7. The monoisotopic (exact) mass is 375 g/mol. The van der Waals surface area contributed by atoms with Gasteiger partial charge in [-0.2, -0.15) is 0 Å². The second-order valence-electron chi connectivity index (χ2n) is 6.40. The first-order chi connectivity index (χ1) is 13.7. The van der Waals surface area contributed by atoms with E-state index in [-0.39, 0.29) is 0 Å². The predicted molar refractivity (Wildman–Crippen MR) is 109 cm³/mol. The van der Waals surface area contributed by atoms with Crippen LogP contribution in [-0.2, 0) is 0 Å². The number of hydrogen-bond donors (Lipinski definition) is 0. The number of methoxy groups -OCH3 is 3. The topological polar surface area (TPSA) is 58.4 Å². The first-order valence-corrected chi connectivity index (χ1v) is 8.88. The van der Waals surface area contributed by atoms with E-state index < -0.39 is 0 Å². The molecule has 1 aromatic heterocycles. The molecule has 0 saturated carbocycles. The highest BCUT2D eigenvalue weighted by atomic mass is 16.5. The average Bonchev–Trinajstić information content (AvgIpc) is 3.16. The summed E-state index contributed by atoms with van der Waals surface area (Å²) >= 11 is 0. The van der Waals surface area contributed by atoms with Crippen LogP contribution < -0.4 is 14.2 Å². The molecule has 6 heteroatoms. The van der Waals surface area contributed by atoms with Gasteiger partial charge >= 0.3 is 0 Å². The van der Waals surface area contributed by atoms with E-state index in [2.05, 4.69) is 41.5 Å². The van der Waals surface area contributed by atoms with Gasteiger partial charge in [-0.25, -0.2) is 4.68 Å². The van der Waals surface area contributed by atoms with Gasteiger partial charge < -0.3 is 14.2 Å². The van der Waals surface area contributed by atoms with E-state index in [0.717, 1.165) is 22.3 Å². The highest BCUT2D eigenvalue weighted by Crippen LogP contribution is 2.39. The Labute approximate surface area is 163 Å². The van der Waals surface area contributed by atoms with E-state index in [1.165, 1.54) is 11.1 Å². The second-order valence-corrected chi connectivity index (χ2v) is 6.40. The third-order valence-corrected chi connectivity index (χ3v) is 4.80. The number of ether oxygens (including phenoxy) is 3. The maximum absolute atomic E-state index is 5.47. The fraction of sp³-hybridized carbons (Fsp3) is 0.182. The number of aryl methyl sites for hydroxylation is 1. The quantitative estimate of drug-likeness (QED) is 0.517. The lowest BCUT2D eigenvalue weighted by molar-refractivity contribution is 0.324. The zero-order valence-electron chi connectivity index (χ0n) is 16.3. The van der Waals surface area contributed by atoms with Gasteiger partial charge in [0.25, 0.3) is 0 Å². The summed E-state index contributed by atoms with van der Waals surface area (Å²) in [7, 11) is 4.77. The van der Waals surface area contributed by atoms with Gasteiger partial charge in [0.15, 0.2) is 11.5 Å². The van der Waals surface area contributed by atoms with E-state index >= 15 is 0 Å². The molecule has 142 valence electrons. The average molecular weight is 375 g/mol. The third kappa shape index (κ3) is 2.93. The Kier molecular flexibility index (Phi) is 4.61. The first-order valence-electron chi connectivity index (χ1n) is 8.88. The van der Waals surface area contributed by atoms with Crippen LogP contribution in [0.2, 0.25) is 0 Å². The van der Waals surface area contributed by atoms with Gasteiger partial charge in [0.05, 0.1) is 32.5 Å². The van der Waals surface area contributed by atoms with Crippen molar-refractivity contribution < 1.29 is 14.2 Å². The van der Waals surface area contributed by atoms with Crippen molar-refractivity contribution in [3.8, 4) is 34.1 Å². The number of nitrogens with zero attached hydrogens (tertiary/aromatic N) is 3. The fourth-order valence-corrected chi connectivity index (χ4v) is 3.36. The Morgan fingerprint density at radius 1 is 0.821 bits per heavy atom. The Morgan fingerprint density at radius 3 is 2.18 bits per heavy atom. The van der Waals surface area contributed by atoms with Crippen molar-refractivity contribution in [1.29, 1.82) is 0 Å². The molecule has 0 aliphatic carbocycles. The van der Waals surface area contributed by atoms with Gasteiger partial charge in [-0.3, -0.25) is 0 Å². The fourth-order valence-electron chi connectivity index (χ4n) is 3.36. The minimum atomic E-state index is 0.541. The molecule has 6 nitrogen and oxygen atoms in total. The van der Waals surface area contributed by atoms with Gasteiger partial charge in [-0.1, -0.05) is 35.5 Å². The number of rotatable bonds is 5. The number of benzene rings is 3. The molecule has 0 radical (unpaired) electrons. The van der Waals surface area contributed by atoms with E-state index in [4.69, 9.17) is 14.2 Å². The maximum Gasteiger partial charge on any atom is 0.203 e. The van der Waals surface area contributed by atoms with Crippen LogP contribution in [0.15, 0.2) is 54.6 Å². The Hall–Kier alpha value is -3.54. The van der Waals surface area contributed by atoms with Crippen molar-refractivity contribution in [1.82, 2.24) is 15.0 Å². The summed E-state index contributed by atoms with van der Waals surface area (Å²) in [5.41, 5.74) is 6.00. The van der Waals surface area contributed by atoms with Gasteiger partial charge in [0, 0.05) is 12.1 Å². The maximum atomic E-state index is 5.47. The largest absolute Gasteiger partial charge is 0.493 e. The van der Waals surface area contributed by atoms with E-state index in [9.17, 15) is 0 Å². The van der Waals surface area contributed by atoms with Crippen molar-refractivity contribution in [2.75, 3.05) is 21.3 Å². The molecule has 0 atom stereocenters. The van der Waals surface area contributed by atoms with Crippen molar-refractivity contribution in [3.63, 3.8) is 0 Å². The summed E-state index contributed by atoms with van der Waals surface area (Å²) < 4.78 is 18.1. The van der Waals surface area contributed by atoms with Crippen LogP contribution in [0.4, 0.5) is 0 Å². The molecule has 1 heterocycles. The van der Waals surface area contributed by atoms with E-state index in [0.29, 0.717) is 17.2 Å². The van der Waals surface area contributed by atoms with E-state index in [1.54, 1.807) is 26.0 Å². The molecule has 28 heavy (non-hydrogen) atoms. The normalized spacial score (nSPS) is 10.9. The van der Waals surface area contributed by atoms with Gasteiger partial charge in [-0.15, -0.1) is 5.10 Å². The number of fused-ring (bicyclic) bond motifs is 1. The smallest absolute Gasteiger partial charge is 0.203 e. The van der Waals surface area contributed by atoms with Crippen molar-refractivity contribution in [2.24, 2.45) is 0 Å². The molecule has 0 aliphatic rings. The third-order valence-electron chi connectivity index (χ3n) is 4.80. The van der Waals surface area contributed by atoms with Crippen molar-refractivity contribution in [2.45, 2.75) is 6.92 Å². The SMILES string of the molecule is COc1cc(-n2nnc3ccc(-c4ccccc4C)cc32)cc(OC)c1OC. The lowest BCUT2D eigenvalue weighted by Crippen LogP contribution is -2.01.